The van der Waals surface area contributed by atoms with E-state index in [1.165, 1.54) is 18.2 Å². The van der Waals surface area contributed by atoms with Crippen LogP contribution in [0.5, 0.6) is 5.75 Å². The van der Waals surface area contributed by atoms with Crippen LogP contribution in [-0.2, 0) is 4.79 Å². The first-order valence-corrected chi connectivity index (χ1v) is 7.13. The second kappa shape index (κ2) is 5.51. The number of nitrogens with one attached hydrogen (secondary N) is 1. The maximum absolute atomic E-state index is 12.3. The van der Waals surface area contributed by atoms with E-state index in [0.717, 1.165) is 0 Å². The van der Waals surface area contributed by atoms with Gasteiger partial charge in [-0.05, 0) is 18.6 Å². The van der Waals surface area contributed by atoms with E-state index in [0.29, 0.717) is 11.3 Å². The number of carbonyl (C=O) groups excluding carboxylic acids is 1. The van der Waals surface area contributed by atoms with Crippen molar-refractivity contribution >= 4 is 23.3 Å². The van der Waals surface area contributed by atoms with Crippen molar-refractivity contribution in [2.45, 2.75) is 19.3 Å². The lowest BCUT2D eigenvalue weighted by atomic mass is 9.86. The number of halogens is 1. The molecule has 1 aromatic carbocycles. The maximum Gasteiger partial charge on any atom is 0.312 e. The van der Waals surface area contributed by atoms with Crippen molar-refractivity contribution in [3.63, 3.8) is 0 Å². The number of esters is 1. The number of nitrogens with zero attached hydrogens (tertiary/aromatic N) is 1. The van der Waals surface area contributed by atoms with Gasteiger partial charge in [-0.3, -0.25) is 19.7 Å². The summed E-state index contributed by atoms with van der Waals surface area (Å²) in [5, 5.41) is 11.2. The summed E-state index contributed by atoms with van der Waals surface area (Å²) >= 11 is 6.15. The maximum atomic E-state index is 12.3. The van der Waals surface area contributed by atoms with Gasteiger partial charge in [-0.2, -0.15) is 0 Å². The number of hydrogen-bond donors (Lipinski definition) is 1. The second-order valence-corrected chi connectivity index (χ2v) is 5.66. The largest absolute Gasteiger partial charge is 0.426 e. The van der Waals surface area contributed by atoms with E-state index in [1.54, 1.807) is 13.0 Å². The first-order valence-electron chi connectivity index (χ1n) is 6.75. The topological polar surface area (TPSA) is 102 Å². The minimum absolute atomic E-state index is 0.111. The van der Waals surface area contributed by atoms with Gasteiger partial charge in [0.05, 0.1) is 16.9 Å². The quantitative estimate of drug-likeness (QED) is 0.516. The molecule has 8 heteroatoms. The molecule has 1 aliphatic heterocycles. The Balaban J connectivity index is 2.23. The van der Waals surface area contributed by atoms with E-state index in [1.807, 2.05) is 0 Å². The zero-order valence-corrected chi connectivity index (χ0v) is 12.7. The molecule has 1 N–H and O–H groups in total. The fraction of sp³-hybridized carbons (Fsp3) is 0.200. The molecule has 0 spiro atoms. The van der Waals surface area contributed by atoms with Crippen LogP contribution in [-0.4, -0.2) is 15.9 Å². The van der Waals surface area contributed by atoms with E-state index in [4.69, 9.17) is 16.3 Å². The fourth-order valence-corrected chi connectivity index (χ4v) is 2.94. The highest BCUT2D eigenvalue weighted by molar-refractivity contribution is 6.31. The smallest absolute Gasteiger partial charge is 0.312 e. The molecular weight excluding hydrogens is 324 g/mol. The monoisotopic (exact) mass is 334 g/mol. The number of carbonyl (C=O) groups is 1. The normalized spacial score (nSPS) is 16.6. The van der Waals surface area contributed by atoms with E-state index in [-0.39, 0.29) is 28.4 Å². The molecule has 0 radical (unpaired) electrons. The molecule has 23 heavy (non-hydrogen) atoms. The first kappa shape index (κ1) is 15.2. The number of ether oxygens (including phenoxy) is 1. The number of hydrogen-bond acceptors (Lipinski definition) is 5. The van der Waals surface area contributed by atoms with Crippen molar-refractivity contribution < 1.29 is 14.5 Å². The number of rotatable bonds is 2. The van der Waals surface area contributed by atoms with Crippen LogP contribution in [0.4, 0.5) is 5.69 Å². The lowest BCUT2D eigenvalue weighted by Gasteiger charge is -2.24. The molecule has 0 unspecified atom stereocenters. The number of aryl methyl sites for hydroxylation is 1. The second-order valence-electron chi connectivity index (χ2n) is 5.25. The van der Waals surface area contributed by atoms with Crippen LogP contribution in [0.15, 0.2) is 29.1 Å². The van der Waals surface area contributed by atoms with Gasteiger partial charge in [0.25, 0.3) is 11.2 Å². The van der Waals surface area contributed by atoms with Gasteiger partial charge in [0.2, 0.25) is 0 Å². The molecule has 0 amide bonds. The van der Waals surface area contributed by atoms with E-state index < -0.39 is 22.4 Å². The lowest BCUT2D eigenvalue weighted by Crippen LogP contribution is -2.28. The molecule has 118 valence electrons. The van der Waals surface area contributed by atoms with Crippen molar-refractivity contribution in [2.75, 3.05) is 0 Å². The minimum atomic E-state index is -0.692. The summed E-state index contributed by atoms with van der Waals surface area (Å²) in [7, 11) is 0. The molecule has 2 aromatic rings. The van der Waals surface area contributed by atoms with Crippen molar-refractivity contribution in [1.29, 1.82) is 0 Å². The first-order chi connectivity index (χ1) is 10.9. The summed E-state index contributed by atoms with van der Waals surface area (Å²) in [5.41, 5.74) is 0.589. The Morgan fingerprint density at radius 2 is 2.09 bits per heavy atom. The van der Waals surface area contributed by atoms with Crippen molar-refractivity contribution in [1.82, 2.24) is 4.98 Å². The van der Waals surface area contributed by atoms with Crippen LogP contribution >= 0.6 is 11.6 Å². The summed E-state index contributed by atoms with van der Waals surface area (Å²) in [4.78, 5) is 37.2. The van der Waals surface area contributed by atoms with E-state index in [9.17, 15) is 19.7 Å². The van der Waals surface area contributed by atoms with Crippen LogP contribution in [0.25, 0.3) is 0 Å². The number of aromatic nitrogens is 1. The molecule has 2 heterocycles. The number of aromatic amines is 1. The molecule has 0 aliphatic carbocycles. The molecule has 1 aromatic heterocycles. The summed E-state index contributed by atoms with van der Waals surface area (Å²) in [6, 6.07) is 5.49. The van der Waals surface area contributed by atoms with Gasteiger partial charge in [0.15, 0.2) is 0 Å². The Morgan fingerprint density at radius 3 is 2.78 bits per heavy atom. The van der Waals surface area contributed by atoms with Crippen molar-refractivity contribution in [2.24, 2.45) is 0 Å². The van der Waals surface area contributed by atoms with Crippen LogP contribution in [0, 0.1) is 17.0 Å². The van der Waals surface area contributed by atoms with Gasteiger partial charge in [0.1, 0.15) is 5.75 Å². The van der Waals surface area contributed by atoms with Gasteiger partial charge < -0.3 is 9.72 Å². The Hall–Kier alpha value is -2.67. The molecule has 0 saturated carbocycles. The molecule has 0 bridgehead atoms. The van der Waals surface area contributed by atoms with Gasteiger partial charge in [-0.15, -0.1) is 0 Å². The third-order valence-electron chi connectivity index (χ3n) is 3.68. The number of non-ortho nitro benzene ring substituents is 1. The third-order valence-corrected chi connectivity index (χ3v) is 4.02. The molecule has 3 rings (SSSR count). The van der Waals surface area contributed by atoms with Gasteiger partial charge in [-0.1, -0.05) is 11.6 Å². The van der Waals surface area contributed by atoms with Crippen molar-refractivity contribution in [3.8, 4) is 5.75 Å². The Labute approximate surface area is 135 Å². The van der Waals surface area contributed by atoms with Crippen LogP contribution in [0.2, 0.25) is 5.02 Å². The molecule has 7 nitrogen and oxygen atoms in total. The zero-order valence-electron chi connectivity index (χ0n) is 12.0. The Bertz CT molecular complexity index is 890. The summed E-state index contributed by atoms with van der Waals surface area (Å²) in [5.74, 6) is -1.05. The van der Waals surface area contributed by atoms with Gasteiger partial charge >= 0.3 is 5.97 Å². The van der Waals surface area contributed by atoms with Crippen molar-refractivity contribution in [3.05, 3.63) is 66.6 Å². The van der Waals surface area contributed by atoms with Crippen LogP contribution < -0.4 is 10.3 Å². The fourth-order valence-electron chi connectivity index (χ4n) is 2.69. The van der Waals surface area contributed by atoms with Gasteiger partial charge in [-0.25, -0.2) is 0 Å². The van der Waals surface area contributed by atoms with E-state index in [2.05, 4.69) is 4.98 Å². The number of fused-ring (bicyclic) bond motifs is 1. The number of pyridine rings is 1. The summed E-state index contributed by atoms with van der Waals surface area (Å²) in [6.45, 7) is 1.67. The number of benzene rings is 1. The molecular formula is C15H11ClN2O5. The van der Waals surface area contributed by atoms with Crippen LogP contribution in [0.1, 0.15) is 29.2 Å². The number of H-pyrrole nitrogens is 1. The van der Waals surface area contributed by atoms with Crippen LogP contribution in [0.3, 0.4) is 0 Å². The predicted molar refractivity (Wildman–Crippen MR) is 82.0 cm³/mol. The Morgan fingerprint density at radius 1 is 1.35 bits per heavy atom. The standard InChI is InChI=1S/C15H11ClN2O5/c1-7-4-12-14(15(20)17-7)10(6-13(19)23-12)9-5-8(18(21)22)2-3-11(9)16/h2-5,10H,6H2,1H3,(H,17,20)/t10-/m0/s1. The third kappa shape index (κ3) is 2.70. The SMILES string of the molecule is Cc1cc2c(c(=O)[nH]1)[C@H](c1cc([N+](=O)[O-])ccc1Cl)CC(=O)O2. The summed E-state index contributed by atoms with van der Waals surface area (Å²) < 4.78 is 5.13. The van der Waals surface area contributed by atoms with E-state index >= 15 is 0 Å². The summed E-state index contributed by atoms with van der Waals surface area (Å²) in [6.07, 6.45) is -0.111. The zero-order chi connectivity index (χ0) is 16.7. The minimum Gasteiger partial charge on any atom is -0.426 e. The molecule has 1 atom stereocenters. The highest BCUT2D eigenvalue weighted by Crippen LogP contribution is 2.40. The average Bonchev–Trinajstić information content (AvgIpc) is 2.45. The molecule has 0 saturated heterocycles. The molecule has 0 fully saturated rings. The Kier molecular flexibility index (Phi) is 3.65. The lowest BCUT2D eigenvalue weighted by molar-refractivity contribution is -0.384. The number of nitro benzene ring substituents is 1. The molecule has 1 aliphatic rings. The predicted octanol–water partition coefficient (Wildman–Crippen LogP) is 2.69. The highest BCUT2D eigenvalue weighted by atomic mass is 35.5. The highest BCUT2D eigenvalue weighted by Gasteiger charge is 2.33. The average molecular weight is 335 g/mol. The number of nitro groups is 1. The van der Waals surface area contributed by atoms with Gasteiger partial charge in [0, 0.05) is 34.8 Å².